The van der Waals surface area contributed by atoms with Crippen LogP contribution < -0.4 is 21.2 Å². The van der Waals surface area contributed by atoms with Gasteiger partial charge in [-0.05, 0) is 59.2 Å². The molecule has 0 radical (unpaired) electrons. The number of carbonyl (C=O) groups excluding carboxylic acids is 2. The molecule has 4 aromatic rings. The van der Waals surface area contributed by atoms with Crippen LogP contribution in [0.3, 0.4) is 0 Å². The van der Waals surface area contributed by atoms with Crippen LogP contribution in [0.25, 0.3) is 17.1 Å². The fraction of sp³-hybridized carbons (Fsp3) is 0.136. The van der Waals surface area contributed by atoms with Gasteiger partial charge in [0.05, 0.1) is 12.8 Å². The van der Waals surface area contributed by atoms with Crippen molar-refractivity contribution in [3.8, 4) is 22.8 Å². The van der Waals surface area contributed by atoms with Crippen molar-refractivity contribution in [2.24, 2.45) is 5.10 Å². The minimum atomic E-state index is -0.610. The number of nitrogens with two attached hydrogens (primary N) is 1. The molecule has 2 aromatic heterocycles. The second kappa shape index (κ2) is 10.2. The topological polar surface area (TPSA) is 175 Å². The Labute approximate surface area is 198 Å². The summed E-state index contributed by atoms with van der Waals surface area (Å²) in [4.78, 5) is 24.1. The van der Waals surface area contributed by atoms with E-state index in [1.165, 1.54) is 17.8 Å². The molecule has 13 nitrogen and oxygen atoms in total. The maximum absolute atomic E-state index is 12.9. The van der Waals surface area contributed by atoms with Gasteiger partial charge < -0.3 is 15.8 Å². The van der Waals surface area contributed by atoms with Crippen LogP contribution in [0.1, 0.15) is 29.9 Å². The van der Waals surface area contributed by atoms with Crippen LogP contribution in [0.2, 0.25) is 0 Å². The largest absolute Gasteiger partial charge is 0.494 e. The van der Waals surface area contributed by atoms with Crippen molar-refractivity contribution in [2.45, 2.75) is 13.8 Å². The highest BCUT2D eigenvalue weighted by molar-refractivity contribution is 5.99. The Morgan fingerprint density at radius 3 is 2.51 bits per heavy atom. The predicted octanol–water partition coefficient (Wildman–Crippen LogP) is 2.02. The number of hydrogen-bond acceptors (Lipinski definition) is 10. The first-order chi connectivity index (χ1) is 17.0. The van der Waals surface area contributed by atoms with E-state index < -0.39 is 5.91 Å². The summed E-state index contributed by atoms with van der Waals surface area (Å²) in [5, 5.41) is 22.0. The zero-order valence-corrected chi connectivity index (χ0v) is 18.8. The first kappa shape index (κ1) is 23.1. The number of rotatable bonds is 8. The SMILES string of the molecule is CCOc1ccc(-c2c(C(=O)NN=Cc3ccc(NC(C)=O)cc3)nnn2-c2nonc2N)cc1. The first-order valence-corrected chi connectivity index (χ1v) is 10.4. The third-order valence-corrected chi connectivity index (χ3v) is 4.63. The lowest BCUT2D eigenvalue weighted by atomic mass is 10.1. The van der Waals surface area contributed by atoms with E-state index in [9.17, 15) is 9.59 Å². The molecule has 0 fully saturated rings. The molecule has 13 heteroatoms. The number of nitrogen functional groups attached to an aromatic ring is 1. The zero-order valence-electron chi connectivity index (χ0n) is 18.8. The summed E-state index contributed by atoms with van der Waals surface area (Å²) in [6, 6.07) is 13.9. The van der Waals surface area contributed by atoms with E-state index in [1.807, 2.05) is 6.92 Å². The number of hydrazone groups is 1. The molecule has 0 saturated carbocycles. The lowest BCUT2D eigenvalue weighted by molar-refractivity contribution is -0.114. The molecule has 4 N–H and O–H groups in total. The van der Waals surface area contributed by atoms with Gasteiger partial charge in [0, 0.05) is 18.2 Å². The van der Waals surface area contributed by atoms with Gasteiger partial charge >= 0.3 is 0 Å². The van der Waals surface area contributed by atoms with Crippen molar-refractivity contribution >= 4 is 29.5 Å². The van der Waals surface area contributed by atoms with E-state index in [1.54, 1.807) is 48.5 Å². The summed E-state index contributed by atoms with van der Waals surface area (Å²) in [6.07, 6.45) is 1.45. The van der Waals surface area contributed by atoms with Crippen molar-refractivity contribution in [3.05, 3.63) is 59.8 Å². The summed E-state index contributed by atoms with van der Waals surface area (Å²) >= 11 is 0. The van der Waals surface area contributed by atoms with Gasteiger partial charge in [-0.1, -0.05) is 17.3 Å². The van der Waals surface area contributed by atoms with Gasteiger partial charge in [0.1, 0.15) is 11.4 Å². The van der Waals surface area contributed by atoms with Gasteiger partial charge in [0.15, 0.2) is 5.69 Å². The number of nitrogens with zero attached hydrogens (tertiary/aromatic N) is 6. The van der Waals surface area contributed by atoms with Crippen molar-refractivity contribution < 1.29 is 19.0 Å². The van der Waals surface area contributed by atoms with Gasteiger partial charge in [0.25, 0.3) is 5.91 Å². The van der Waals surface area contributed by atoms with E-state index in [-0.39, 0.29) is 23.2 Å². The average Bonchev–Trinajstić information content (AvgIpc) is 3.46. The lowest BCUT2D eigenvalue weighted by Crippen LogP contribution is -2.19. The number of amides is 2. The summed E-state index contributed by atoms with van der Waals surface area (Å²) in [5.41, 5.74) is 10.5. The Kier molecular flexibility index (Phi) is 6.76. The van der Waals surface area contributed by atoms with Gasteiger partial charge in [-0.3, -0.25) is 9.59 Å². The Balaban J connectivity index is 1.59. The number of aromatic nitrogens is 5. The van der Waals surface area contributed by atoms with Crippen LogP contribution in [0, 0.1) is 0 Å². The lowest BCUT2D eigenvalue weighted by Gasteiger charge is -2.07. The van der Waals surface area contributed by atoms with Crippen molar-refractivity contribution in [1.82, 2.24) is 30.7 Å². The van der Waals surface area contributed by atoms with Crippen molar-refractivity contribution in [2.75, 3.05) is 17.7 Å². The zero-order chi connectivity index (χ0) is 24.8. The summed E-state index contributed by atoms with van der Waals surface area (Å²) in [7, 11) is 0. The molecule has 4 rings (SSSR count). The van der Waals surface area contributed by atoms with Gasteiger partial charge in [-0.2, -0.15) is 9.78 Å². The molecule has 0 atom stereocenters. The molecule has 178 valence electrons. The summed E-state index contributed by atoms with van der Waals surface area (Å²) in [5.74, 6) is -0.0459. The number of carbonyl (C=O) groups is 2. The number of hydrogen-bond donors (Lipinski definition) is 3. The fourth-order valence-electron chi connectivity index (χ4n) is 3.13. The van der Waals surface area contributed by atoms with E-state index >= 15 is 0 Å². The quantitative estimate of drug-likeness (QED) is 0.254. The summed E-state index contributed by atoms with van der Waals surface area (Å²) in [6.45, 7) is 3.82. The van der Waals surface area contributed by atoms with E-state index in [4.69, 9.17) is 10.5 Å². The molecule has 0 unspecified atom stereocenters. The second-order valence-corrected chi connectivity index (χ2v) is 7.13. The van der Waals surface area contributed by atoms with E-state index in [0.717, 1.165) is 0 Å². The maximum atomic E-state index is 12.9. The van der Waals surface area contributed by atoms with Crippen molar-refractivity contribution in [3.63, 3.8) is 0 Å². The molecule has 0 spiro atoms. The molecule has 0 bridgehead atoms. The molecular formula is C22H21N9O4. The first-order valence-electron chi connectivity index (χ1n) is 10.4. The van der Waals surface area contributed by atoms with Crippen LogP contribution in [-0.2, 0) is 4.79 Å². The number of benzene rings is 2. The molecule has 0 saturated heterocycles. The van der Waals surface area contributed by atoms with E-state index in [2.05, 4.69) is 41.1 Å². The Morgan fingerprint density at radius 2 is 1.89 bits per heavy atom. The second-order valence-electron chi connectivity index (χ2n) is 7.13. The molecule has 2 aromatic carbocycles. The fourth-order valence-corrected chi connectivity index (χ4v) is 3.13. The van der Waals surface area contributed by atoms with Crippen molar-refractivity contribution in [1.29, 1.82) is 0 Å². The number of anilines is 2. The highest BCUT2D eigenvalue weighted by Gasteiger charge is 2.25. The molecule has 2 amide bonds. The Hall–Kier alpha value is -5.07. The molecule has 0 aliphatic heterocycles. The maximum Gasteiger partial charge on any atom is 0.294 e. The average molecular weight is 475 g/mol. The summed E-state index contributed by atoms with van der Waals surface area (Å²) < 4.78 is 11.4. The highest BCUT2D eigenvalue weighted by atomic mass is 16.6. The highest BCUT2D eigenvalue weighted by Crippen LogP contribution is 2.28. The van der Waals surface area contributed by atoms with E-state index in [0.29, 0.717) is 34.9 Å². The Bertz CT molecular complexity index is 1360. The Morgan fingerprint density at radius 1 is 1.14 bits per heavy atom. The van der Waals surface area contributed by atoms with Crippen LogP contribution >= 0.6 is 0 Å². The monoisotopic (exact) mass is 475 g/mol. The molecule has 0 aliphatic carbocycles. The molecule has 2 heterocycles. The van der Waals surface area contributed by atoms with Crippen LogP contribution in [0.5, 0.6) is 5.75 Å². The minimum Gasteiger partial charge on any atom is -0.494 e. The number of ether oxygens (including phenoxy) is 1. The van der Waals surface area contributed by atoms with Gasteiger partial charge in [-0.25, -0.2) is 10.1 Å². The third kappa shape index (κ3) is 5.30. The molecular weight excluding hydrogens is 454 g/mol. The standard InChI is InChI=1S/C22H21N9O4/c1-3-34-17-10-6-15(7-11-17)19-18(26-30-31(19)21-20(23)28-35-29-21)22(33)27-24-12-14-4-8-16(9-5-14)25-13(2)32/h4-12H,3H2,1-2H3,(H2,23,28)(H,25,32)(H,27,33). The van der Waals surface area contributed by atoms with Gasteiger partial charge in [-0.15, -0.1) is 5.10 Å². The normalized spacial score (nSPS) is 10.9. The predicted molar refractivity (Wildman–Crippen MR) is 126 cm³/mol. The molecule has 0 aliphatic rings. The van der Waals surface area contributed by atoms with Crippen LogP contribution in [-0.4, -0.2) is 49.9 Å². The molecule has 35 heavy (non-hydrogen) atoms. The van der Waals surface area contributed by atoms with Crippen LogP contribution in [0.15, 0.2) is 58.3 Å². The van der Waals surface area contributed by atoms with Gasteiger partial charge in [0.2, 0.25) is 17.5 Å². The number of nitrogens with one attached hydrogen (secondary N) is 2. The smallest absolute Gasteiger partial charge is 0.294 e. The minimum absolute atomic E-state index is 0.0187. The van der Waals surface area contributed by atoms with Crippen LogP contribution in [0.4, 0.5) is 11.5 Å². The third-order valence-electron chi connectivity index (χ3n) is 4.63.